The summed E-state index contributed by atoms with van der Waals surface area (Å²) in [5, 5.41) is 12.1. The molecule has 1 atom stereocenters. The number of carbonyl (C=O) groups excluding carboxylic acids is 3. The molecule has 1 aromatic heterocycles. The van der Waals surface area contributed by atoms with Crippen LogP contribution < -0.4 is 26.9 Å². The molecule has 0 fully saturated rings. The number of amides is 1. The summed E-state index contributed by atoms with van der Waals surface area (Å²) in [5.41, 5.74) is 2.78. The Morgan fingerprint density at radius 3 is 1.47 bits per heavy atom. The van der Waals surface area contributed by atoms with E-state index in [1.165, 1.54) is 153 Å². The smallest absolute Gasteiger partial charge is 0.328 e. The van der Waals surface area contributed by atoms with Crippen molar-refractivity contribution in [2.45, 2.75) is 232 Å². The molecule has 55 heavy (non-hydrogen) atoms. The summed E-state index contributed by atoms with van der Waals surface area (Å²) in [4.78, 5) is 39.8. The molecular weight excluding hydrogens is 776 g/mol. The van der Waals surface area contributed by atoms with Gasteiger partial charge in [0.1, 0.15) is 6.04 Å². The van der Waals surface area contributed by atoms with Crippen molar-refractivity contribution in [2.24, 2.45) is 0 Å². The second-order valence-corrected chi connectivity index (χ2v) is 16.5. The predicted octanol–water partition coefficient (Wildman–Crippen LogP) is 8.20. The van der Waals surface area contributed by atoms with Crippen LogP contribution in [-0.2, 0) is 36.8 Å². The third-order valence-corrected chi connectivity index (χ3v) is 11.7. The van der Waals surface area contributed by atoms with Gasteiger partial charge < -0.3 is 36.9 Å². The van der Waals surface area contributed by atoms with E-state index in [2.05, 4.69) is 19.2 Å². The summed E-state index contributed by atoms with van der Waals surface area (Å²) in [6, 6.07) is -0.908. The summed E-state index contributed by atoms with van der Waals surface area (Å²) in [7, 11) is 0. The Kier molecular flexibility index (Phi) is 38.2. The molecule has 0 aliphatic heterocycles. The minimum atomic E-state index is -0.908. The van der Waals surface area contributed by atoms with Crippen molar-refractivity contribution in [1.82, 2.24) is 5.32 Å². The van der Waals surface area contributed by atoms with E-state index >= 15 is 0 Å². The molecule has 0 saturated heterocycles. The van der Waals surface area contributed by atoms with Crippen molar-refractivity contribution in [3.63, 3.8) is 0 Å². The number of halogens is 1. The highest BCUT2D eigenvalue weighted by Gasteiger charge is 2.26. The Bertz CT molecular complexity index is 1050. The zero-order chi connectivity index (χ0) is 39.3. The third-order valence-electron chi connectivity index (χ3n) is 10.6. The number of ether oxygens (including phenoxy) is 2. The lowest BCUT2D eigenvalue weighted by molar-refractivity contribution is -0.685. The molecule has 1 aromatic rings. The molecular formula is C45H83BrN2O6S. The van der Waals surface area contributed by atoms with E-state index < -0.39 is 12.0 Å². The molecule has 0 unspecified atom stereocenters. The quantitative estimate of drug-likeness (QED) is 0.0393. The topological polar surface area (TPSA) is 106 Å². The molecule has 322 valence electrons. The van der Waals surface area contributed by atoms with Gasteiger partial charge in [-0.2, -0.15) is 4.57 Å². The Labute approximate surface area is 351 Å². The molecule has 0 aromatic carbocycles. The first-order valence-electron chi connectivity index (χ1n) is 22.6. The molecule has 1 heterocycles. The second kappa shape index (κ2) is 39.3. The summed E-state index contributed by atoms with van der Waals surface area (Å²) >= 11 is 1.50. The van der Waals surface area contributed by atoms with Gasteiger partial charge in [-0.3, -0.25) is 9.59 Å². The molecule has 2 N–H and O–H groups in total. The minimum absolute atomic E-state index is 0. The summed E-state index contributed by atoms with van der Waals surface area (Å²) in [5.74, 6) is -1.16. The van der Waals surface area contributed by atoms with Crippen LogP contribution in [-0.4, -0.2) is 48.8 Å². The number of nitrogens with one attached hydrogen (secondary N) is 1. The molecule has 0 saturated carbocycles. The predicted molar refractivity (Wildman–Crippen MR) is 224 cm³/mol. The number of nitrogens with zero attached hydrogens (tertiary/aromatic N) is 1. The van der Waals surface area contributed by atoms with E-state index in [1.807, 2.05) is 17.0 Å². The van der Waals surface area contributed by atoms with Gasteiger partial charge in [0.25, 0.3) is 5.91 Å². The highest BCUT2D eigenvalue weighted by Crippen LogP contribution is 2.15. The number of aliphatic hydroxyl groups excluding tert-OH is 1. The summed E-state index contributed by atoms with van der Waals surface area (Å²) < 4.78 is 12.9. The zero-order valence-electron chi connectivity index (χ0n) is 35.6. The van der Waals surface area contributed by atoms with E-state index in [9.17, 15) is 19.5 Å². The van der Waals surface area contributed by atoms with Gasteiger partial charge in [0.15, 0.2) is 5.69 Å². The van der Waals surface area contributed by atoms with Gasteiger partial charge in [0, 0.05) is 26.4 Å². The normalized spacial score (nSPS) is 11.6. The fourth-order valence-corrected chi connectivity index (χ4v) is 7.96. The highest BCUT2D eigenvalue weighted by atomic mass is 79.9. The van der Waals surface area contributed by atoms with E-state index in [0.29, 0.717) is 19.6 Å². The molecule has 0 aliphatic carbocycles. The van der Waals surface area contributed by atoms with Crippen LogP contribution in [0.15, 0.2) is 5.51 Å². The lowest BCUT2D eigenvalue weighted by Gasteiger charge is -2.17. The van der Waals surface area contributed by atoms with Gasteiger partial charge in [-0.1, -0.05) is 192 Å². The molecule has 0 aliphatic rings. The van der Waals surface area contributed by atoms with Crippen LogP contribution in [0, 0.1) is 6.92 Å². The molecule has 0 bridgehead atoms. The van der Waals surface area contributed by atoms with Crippen LogP contribution in [0.3, 0.4) is 0 Å². The Morgan fingerprint density at radius 2 is 1.05 bits per heavy atom. The molecule has 10 heteroatoms. The van der Waals surface area contributed by atoms with Crippen molar-refractivity contribution in [1.29, 1.82) is 0 Å². The van der Waals surface area contributed by atoms with Crippen molar-refractivity contribution in [2.75, 3.05) is 19.8 Å². The van der Waals surface area contributed by atoms with Gasteiger partial charge in [0.05, 0.1) is 18.1 Å². The number of thiazole rings is 1. The van der Waals surface area contributed by atoms with Crippen LogP contribution in [0.4, 0.5) is 0 Å². The highest BCUT2D eigenvalue weighted by molar-refractivity contribution is 7.09. The Morgan fingerprint density at radius 1 is 0.655 bits per heavy atom. The average Bonchev–Trinajstić information content (AvgIpc) is 3.50. The van der Waals surface area contributed by atoms with Gasteiger partial charge in [-0.15, -0.1) is 0 Å². The first-order chi connectivity index (χ1) is 26.4. The number of unbranched alkanes of at least 4 members (excludes halogenated alkanes) is 26. The Hall–Kier alpha value is -1.52. The van der Waals surface area contributed by atoms with Gasteiger partial charge in [-0.25, -0.2) is 4.79 Å². The fraction of sp³-hybridized carbons (Fsp3) is 0.867. The van der Waals surface area contributed by atoms with Crippen molar-refractivity contribution in [3.8, 4) is 0 Å². The molecule has 8 nitrogen and oxygen atoms in total. The van der Waals surface area contributed by atoms with E-state index in [0.717, 1.165) is 49.1 Å². The lowest BCUT2D eigenvalue weighted by Crippen LogP contribution is -3.00. The fourth-order valence-electron chi connectivity index (χ4n) is 6.98. The second-order valence-electron chi connectivity index (χ2n) is 15.6. The number of rotatable bonds is 39. The maximum atomic E-state index is 13.1. The summed E-state index contributed by atoms with van der Waals surface area (Å²) in [6.07, 6.45) is 36.2. The van der Waals surface area contributed by atoms with E-state index in [-0.39, 0.29) is 54.9 Å². The van der Waals surface area contributed by atoms with Gasteiger partial charge >= 0.3 is 11.9 Å². The summed E-state index contributed by atoms with van der Waals surface area (Å²) in [6.45, 7) is 7.26. The largest absolute Gasteiger partial charge is 1.00 e. The monoisotopic (exact) mass is 859 g/mol. The Balaban J connectivity index is 0.0000292. The van der Waals surface area contributed by atoms with E-state index in [4.69, 9.17) is 9.47 Å². The average molecular weight is 860 g/mol. The molecule has 1 amide bonds. The maximum absolute atomic E-state index is 13.1. The van der Waals surface area contributed by atoms with Crippen LogP contribution in [0.2, 0.25) is 0 Å². The first kappa shape index (κ1) is 53.5. The van der Waals surface area contributed by atoms with Crippen molar-refractivity contribution < 1.29 is 50.5 Å². The SMILES string of the molecule is CCCCCCCCCCCCCCCCOC(=O)CC[C@@H](NC(=O)C[n+]1csc(CCO)c1C)C(=O)OCCCCCCCCCCCCCCCC.[Br-]. The lowest BCUT2D eigenvalue weighted by atomic mass is 10.0. The van der Waals surface area contributed by atoms with Crippen LogP contribution >= 0.6 is 11.3 Å². The van der Waals surface area contributed by atoms with Crippen LogP contribution in [0.1, 0.15) is 217 Å². The number of aliphatic hydroxyl groups is 1. The number of esters is 2. The molecule has 0 spiro atoms. The van der Waals surface area contributed by atoms with Gasteiger partial charge in [-0.05, 0) is 19.3 Å². The van der Waals surface area contributed by atoms with Crippen LogP contribution in [0.5, 0.6) is 0 Å². The molecule has 0 radical (unpaired) electrons. The maximum Gasteiger partial charge on any atom is 0.328 e. The third kappa shape index (κ3) is 31.2. The van der Waals surface area contributed by atoms with Crippen molar-refractivity contribution >= 4 is 29.2 Å². The van der Waals surface area contributed by atoms with Gasteiger partial charge in [0.2, 0.25) is 12.1 Å². The number of carbonyl (C=O) groups is 3. The molecule has 1 rings (SSSR count). The first-order valence-corrected chi connectivity index (χ1v) is 23.5. The minimum Gasteiger partial charge on any atom is -1.00 e. The van der Waals surface area contributed by atoms with Crippen LogP contribution in [0.25, 0.3) is 0 Å². The number of hydrogen-bond acceptors (Lipinski definition) is 7. The van der Waals surface area contributed by atoms with Crippen molar-refractivity contribution in [3.05, 3.63) is 16.1 Å². The number of hydrogen-bond donors (Lipinski definition) is 2. The standard InChI is InChI=1S/C45H82N2O6S.BrH/c1-4-6-8-10-12-14-16-18-20-22-24-26-28-30-36-52-44(50)33-32-41(46-43(49)38-47-39-54-42(34-35-48)40(47)3)45(51)53-37-31-29-27-25-23-21-19-17-15-13-11-9-7-5-2;/h39,41,48H,4-38H2,1-3H3;1H/t41-;/m1./s1. The number of aromatic nitrogens is 1. The zero-order valence-corrected chi connectivity index (χ0v) is 38.0. The van der Waals surface area contributed by atoms with E-state index in [1.54, 1.807) is 0 Å².